The fourth-order valence-corrected chi connectivity index (χ4v) is 4.07. The summed E-state index contributed by atoms with van der Waals surface area (Å²) in [4.78, 5) is 5.93. The van der Waals surface area contributed by atoms with Gasteiger partial charge in [-0.15, -0.1) is 11.3 Å². The zero-order chi connectivity index (χ0) is 13.3. The van der Waals surface area contributed by atoms with Gasteiger partial charge in [-0.1, -0.05) is 6.92 Å². The highest BCUT2D eigenvalue weighted by atomic mass is 32.1. The van der Waals surface area contributed by atoms with Crippen molar-refractivity contribution in [2.45, 2.75) is 70.1 Å². The van der Waals surface area contributed by atoms with Crippen molar-refractivity contribution in [2.75, 3.05) is 6.61 Å². The maximum Gasteiger partial charge on any atom is 0.109 e. The molecule has 1 saturated carbocycles. The van der Waals surface area contributed by atoms with Gasteiger partial charge in [0.15, 0.2) is 0 Å². The molecular weight excluding hydrogens is 256 g/mol. The lowest BCUT2D eigenvalue weighted by Gasteiger charge is -2.47. The first-order valence-electron chi connectivity index (χ1n) is 7.55. The van der Waals surface area contributed by atoms with Crippen LogP contribution in [0.15, 0.2) is 6.20 Å². The zero-order valence-electron chi connectivity index (χ0n) is 11.9. The van der Waals surface area contributed by atoms with Crippen molar-refractivity contribution in [1.82, 2.24) is 10.3 Å². The highest BCUT2D eigenvalue weighted by molar-refractivity contribution is 7.11. The molecule has 2 fully saturated rings. The highest BCUT2D eigenvalue weighted by Gasteiger charge is 2.42. The molecule has 4 heteroatoms. The van der Waals surface area contributed by atoms with Crippen molar-refractivity contribution in [3.05, 3.63) is 16.1 Å². The molecule has 3 rings (SSSR count). The minimum absolute atomic E-state index is 0.229. The molecule has 19 heavy (non-hydrogen) atoms. The first kappa shape index (κ1) is 13.5. The van der Waals surface area contributed by atoms with Gasteiger partial charge in [0.1, 0.15) is 5.01 Å². The second-order valence-corrected chi connectivity index (χ2v) is 7.13. The smallest absolute Gasteiger partial charge is 0.109 e. The Bertz CT molecular complexity index is 428. The maximum atomic E-state index is 5.99. The number of hydrogen-bond acceptors (Lipinski definition) is 4. The Morgan fingerprint density at radius 2 is 2.42 bits per heavy atom. The van der Waals surface area contributed by atoms with Crippen LogP contribution in [0, 0.1) is 0 Å². The number of aryl methyl sites for hydroxylation is 1. The average molecular weight is 280 g/mol. The lowest BCUT2D eigenvalue weighted by atomic mass is 9.74. The molecule has 3 nitrogen and oxygen atoms in total. The normalized spacial score (nSPS) is 27.2. The van der Waals surface area contributed by atoms with Gasteiger partial charge in [-0.25, -0.2) is 4.98 Å². The van der Waals surface area contributed by atoms with Gasteiger partial charge in [0, 0.05) is 23.7 Å². The van der Waals surface area contributed by atoms with Crippen LogP contribution >= 0.6 is 11.3 Å². The highest BCUT2D eigenvalue weighted by Crippen LogP contribution is 2.42. The fourth-order valence-electron chi connectivity index (χ4n) is 3.20. The van der Waals surface area contributed by atoms with Crippen molar-refractivity contribution >= 4 is 11.3 Å². The van der Waals surface area contributed by atoms with Gasteiger partial charge < -0.3 is 10.1 Å². The summed E-state index contributed by atoms with van der Waals surface area (Å²) >= 11 is 1.84. The fraction of sp³-hybridized carbons (Fsp3) is 0.800. The summed E-state index contributed by atoms with van der Waals surface area (Å²) in [5.74, 6) is 0. The van der Waals surface area contributed by atoms with Gasteiger partial charge in [-0.05, 0) is 45.4 Å². The van der Waals surface area contributed by atoms with Gasteiger partial charge in [0.25, 0.3) is 0 Å². The van der Waals surface area contributed by atoms with Crippen molar-refractivity contribution in [3.63, 3.8) is 0 Å². The van der Waals surface area contributed by atoms with E-state index < -0.39 is 0 Å². The molecule has 1 aliphatic carbocycles. The Kier molecular flexibility index (Phi) is 3.92. The largest absolute Gasteiger partial charge is 0.375 e. The average Bonchev–Trinajstić information content (AvgIpc) is 2.86. The molecule has 0 bridgehead atoms. The third-order valence-corrected chi connectivity index (χ3v) is 5.86. The number of thiazole rings is 1. The summed E-state index contributed by atoms with van der Waals surface area (Å²) in [6, 6.07) is 0.962. The zero-order valence-corrected chi connectivity index (χ0v) is 12.8. The minimum atomic E-state index is 0.229. The van der Waals surface area contributed by atoms with Crippen LogP contribution in [-0.4, -0.2) is 23.2 Å². The molecule has 1 aromatic rings. The lowest BCUT2D eigenvalue weighted by molar-refractivity contribution is -0.136. The van der Waals surface area contributed by atoms with Crippen molar-refractivity contribution in [3.8, 4) is 0 Å². The van der Waals surface area contributed by atoms with Gasteiger partial charge in [0.05, 0.1) is 11.6 Å². The van der Waals surface area contributed by atoms with Crippen LogP contribution in [0.25, 0.3) is 0 Å². The molecule has 1 aliphatic heterocycles. The Balaban J connectivity index is 1.58. The van der Waals surface area contributed by atoms with Gasteiger partial charge in [-0.2, -0.15) is 0 Å². The standard InChI is InChI=1S/C15H24N2OS/c1-3-13-10-16-14(19-13)11(2)17-12-5-8-18-15(9-12)6-4-7-15/h10-12,17H,3-9H2,1-2H3. The van der Waals surface area contributed by atoms with Crippen molar-refractivity contribution in [1.29, 1.82) is 0 Å². The van der Waals surface area contributed by atoms with E-state index in [1.54, 1.807) is 0 Å². The predicted octanol–water partition coefficient (Wildman–Crippen LogP) is 3.46. The number of nitrogens with one attached hydrogen (secondary N) is 1. The second kappa shape index (κ2) is 5.51. The summed E-state index contributed by atoms with van der Waals surface area (Å²) in [7, 11) is 0. The lowest BCUT2D eigenvalue weighted by Crippen LogP contribution is -2.51. The molecule has 1 saturated heterocycles. The van der Waals surface area contributed by atoms with E-state index in [1.807, 2.05) is 17.5 Å². The Morgan fingerprint density at radius 1 is 1.58 bits per heavy atom. The molecule has 0 amide bonds. The SMILES string of the molecule is CCc1cnc(C(C)NC2CCOC3(CCC3)C2)s1. The van der Waals surface area contributed by atoms with E-state index in [9.17, 15) is 0 Å². The van der Waals surface area contributed by atoms with Crippen LogP contribution in [-0.2, 0) is 11.2 Å². The van der Waals surface area contributed by atoms with E-state index in [2.05, 4.69) is 24.1 Å². The number of rotatable bonds is 4. The van der Waals surface area contributed by atoms with Crippen LogP contribution in [0.5, 0.6) is 0 Å². The van der Waals surface area contributed by atoms with Gasteiger partial charge in [-0.3, -0.25) is 0 Å². The summed E-state index contributed by atoms with van der Waals surface area (Å²) in [5, 5.41) is 4.99. The van der Waals surface area contributed by atoms with Crippen LogP contribution in [0.3, 0.4) is 0 Å². The Labute approximate surface area is 119 Å². The minimum Gasteiger partial charge on any atom is -0.375 e. The van der Waals surface area contributed by atoms with E-state index in [0.29, 0.717) is 12.1 Å². The van der Waals surface area contributed by atoms with E-state index in [4.69, 9.17) is 4.74 Å². The van der Waals surface area contributed by atoms with Crippen LogP contribution < -0.4 is 5.32 Å². The van der Waals surface area contributed by atoms with Crippen LogP contribution in [0.2, 0.25) is 0 Å². The van der Waals surface area contributed by atoms with E-state index in [1.165, 1.54) is 35.6 Å². The monoisotopic (exact) mass is 280 g/mol. The second-order valence-electron chi connectivity index (χ2n) is 5.98. The predicted molar refractivity (Wildman–Crippen MR) is 78.6 cm³/mol. The molecular formula is C15H24N2OS. The number of aromatic nitrogens is 1. The molecule has 0 aromatic carbocycles. The van der Waals surface area contributed by atoms with Gasteiger partial charge in [0.2, 0.25) is 0 Å². The van der Waals surface area contributed by atoms with E-state index >= 15 is 0 Å². The molecule has 2 aliphatic rings. The third-order valence-electron chi connectivity index (χ3n) is 4.53. The van der Waals surface area contributed by atoms with Crippen molar-refractivity contribution < 1.29 is 4.74 Å². The molecule has 0 radical (unpaired) electrons. The van der Waals surface area contributed by atoms with Crippen molar-refractivity contribution in [2.24, 2.45) is 0 Å². The molecule has 1 N–H and O–H groups in total. The molecule has 2 heterocycles. The topological polar surface area (TPSA) is 34.2 Å². The number of hydrogen-bond donors (Lipinski definition) is 1. The summed E-state index contributed by atoms with van der Waals surface area (Å²) < 4.78 is 5.99. The molecule has 2 atom stereocenters. The third kappa shape index (κ3) is 2.86. The number of nitrogens with zero attached hydrogens (tertiary/aromatic N) is 1. The molecule has 2 unspecified atom stereocenters. The van der Waals surface area contributed by atoms with Crippen LogP contribution in [0.1, 0.15) is 61.9 Å². The molecule has 1 aromatic heterocycles. The Morgan fingerprint density at radius 3 is 3.05 bits per heavy atom. The van der Waals surface area contributed by atoms with E-state index in [0.717, 1.165) is 19.4 Å². The van der Waals surface area contributed by atoms with Crippen LogP contribution in [0.4, 0.5) is 0 Å². The molecule has 1 spiro atoms. The first-order chi connectivity index (χ1) is 9.21. The molecule has 106 valence electrons. The van der Waals surface area contributed by atoms with E-state index in [-0.39, 0.29) is 5.60 Å². The van der Waals surface area contributed by atoms with Gasteiger partial charge >= 0.3 is 0 Å². The Hall–Kier alpha value is -0.450. The summed E-state index contributed by atoms with van der Waals surface area (Å²) in [6.07, 6.45) is 9.30. The summed E-state index contributed by atoms with van der Waals surface area (Å²) in [5.41, 5.74) is 0.229. The first-order valence-corrected chi connectivity index (χ1v) is 8.37. The quantitative estimate of drug-likeness (QED) is 0.917. The summed E-state index contributed by atoms with van der Waals surface area (Å²) in [6.45, 7) is 5.35. The number of ether oxygens (including phenoxy) is 1. The maximum absolute atomic E-state index is 5.99.